The number of esters is 1. The monoisotopic (exact) mass is 452 g/mol. The number of sulfonamides is 1. The molecule has 0 atom stereocenters. The summed E-state index contributed by atoms with van der Waals surface area (Å²) in [6.07, 6.45) is 2.67. The smallest absolute Gasteiger partial charge is 0.338 e. The SMILES string of the molecule is O=C1OCc2ccncc2-c2cc(c(F)cc2F)NS(=O)(=O)c2cc1cc(Cl)c2O. The zero-order valence-electron chi connectivity index (χ0n) is 14.8. The molecule has 154 valence electrons. The van der Waals surface area contributed by atoms with E-state index in [0.29, 0.717) is 11.6 Å². The molecule has 3 aromatic rings. The molecule has 2 heterocycles. The first-order valence-corrected chi connectivity index (χ1v) is 10.2. The Bertz CT molecular complexity index is 1310. The Hall–Kier alpha value is -3.24. The zero-order valence-corrected chi connectivity index (χ0v) is 16.4. The largest absolute Gasteiger partial charge is 0.505 e. The van der Waals surface area contributed by atoms with Crippen LogP contribution in [-0.4, -0.2) is 24.5 Å². The lowest BCUT2D eigenvalue weighted by Crippen LogP contribution is -2.15. The molecule has 0 spiro atoms. The van der Waals surface area contributed by atoms with Crippen LogP contribution in [0.3, 0.4) is 0 Å². The first kappa shape index (κ1) is 20.0. The normalized spacial score (nSPS) is 15.0. The highest BCUT2D eigenvalue weighted by Crippen LogP contribution is 2.36. The molecule has 4 rings (SSSR count). The number of carbonyl (C=O) groups excluding carboxylic acids is 1. The molecule has 0 saturated heterocycles. The van der Waals surface area contributed by atoms with Gasteiger partial charge in [0.1, 0.15) is 23.1 Å². The maximum absolute atomic E-state index is 14.5. The summed E-state index contributed by atoms with van der Waals surface area (Å²) in [6.45, 7) is -0.309. The molecule has 0 saturated carbocycles. The molecular weight excluding hydrogens is 442 g/mol. The van der Waals surface area contributed by atoms with Gasteiger partial charge in [0.2, 0.25) is 0 Å². The third-order valence-corrected chi connectivity index (χ3v) is 6.08. The van der Waals surface area contributed by atoms with E-state index in [0.717, 1.165) is 18.2 Å². The number of pyridine rings is 1. The molecule has 1 aliphatic rings. The zero-order chi connectivity index (χ0) is 21.6. The number of carbonyl (C=O) groups is 1. The van der Waals surface area contributed by atoms with Crippen molar-refractivity contribution in [2.45, 2.75) is 11.5 Å². The molecule has 2 aromatic carbocycles. The summed E-state index contributed by atoms with van der Waals surface area (Å²) in [6, 6.07) is 4.82. The molecule has 11 heteroatoms. The van der Waals surface area contributed by atoms with E-state index >= 15 is 0 Å². The number of aromatic hydroxyl groups is 1. The minimum Gasteiger partial charge on any atom is -0.505 e. The van der Waals surface area contributed by atoms with Crippen molar-refractivity contribution in [3.8, 4) is 16.9 Å². The molecule has 0 fully saturated rings. The third-order valence-electron chi connectivity index (χ3n) is 4.42. The molecule has 2 N–H and O–H groups in total. The number of hydrogen-bond donors (Lipinski definition) is 2. The summed E-state index contributed by atoms with van der Waals surface area (Å²) >= 11 is 5.87. The van der Waals surface area contributed by atoms with Crippen molar-refractivity contribution >= 4 is 33.3 Å². The summed E-state index contributed by atoms with van der Waals surface area (Å²) in [7, 11) is -4.62. The van der Waals surface area contributed by atoms with Crippen molar-refractivity contribution in [2.75, 3.05) is 4.72 Å². The summed E-state index contributed by atoms with van der Waals surface area (Å²) in [5.41, 5.74) is -0.474. The highest BCUT2D eigenvalue weighted by atomic mass is 35.5. The lowest BCUT2D eigenvalue weighted by molar-refractivity contribution is 0.0473. The van der Waals surface area contributed by atoms with Gasteiger partial charge in [-0.25, -0.2) is 22.0 Å². The number of phenols is 1. The van der Waals surface area contributed by atoms with Crippen LogP contribution in [-0.2, 0) is 21.4 Å². The lowest BCUT2D eigenvalue weighted by atomic mass is 10.0. The number of nitrogens with zero attached hydrogens (tertiary/aromatic N) is 1. The Balaban J connectivity index is 2.01. The van der Waals surface area contributed by atoms with Crippen LogP contribution in [0.2, 0.25) is 5.02 Å². The van der Waals surface area contributed by atoms with E-state index < -0.39 is 49.0 Å². The number of aromatic nitrogens is 1. The second-order valence-corrected chi connectivity index (χ2v) is 8.39. The Morgan fingerprint density at radius 2 is 1.90 bits per heavy atom. The first-order valence-electron chi connectivity index (χ1n) is 8.32. The van der Waals surface area contributed by atoms with Gasteiger partial charge in [-0.15, -0.1) is 0 Å². The fourth-order valence-corrected chi connectivity index (χ4v) is 4.43. The number of halogens is 3. The van der Waals surface area contributed by atoms with Crippen LogP contribution in [0.15, 0.2) is 47.6 Å². The molecule has 0 unspecified atom stereocenters. The van der Waals surface area contributed by atoms with Gasteiger partial charge >= 0.3 is 5.97 Å². The van der Waals surface area contributed by atoms with Crippen molar-refractivity contribution in [2.24, 2.45) is 0 Å². The molecule has 1 aromatic heterocycles. The molecule has 0 aliphatic carbocycles. The quantitative estimate of drug-likeness (QED) is 0.502. The van der Waals surface area contributed by atoms with Crippen molar-refractivity contribution in [3.63, 3.8) is 0 Å². The maximum Gasteiger partial charge on any atom is 0.338 e. The minimum absolute atomic E-state index is 0.165. The fourth-order valence-electron chi connectivity index (χ4n) is 2.95. The number of ether oxygens (including phenoxy) is 1. The van der Waals surface area contributed by atoms with Gasteiger partial charge in [0.05, 0.1) is 16.3 Å². The Labute approximate surface area is 174 Å². The number of phenolic OH excluding ortho intramolecular Hbond substituents is 1. The molecular formula is C19H11ClF2N2O5S. The average molecular weight is 453 g/mol. The van der Waals surface area contributed by atoms with Crippen LogP contribution in [0, 0.1) is 11.6 Å². The van der Waals surface area contributed by atoms with Crippen LogP contribution in [0.4, 0.5) is 14.5 Å². The molecule has 4 bridgehead atoms. The summed E-state index contributed by atoms with van der Waals surface area (Å²) in [5, 5.41) is 9.68. The van der Waals surface area contributed by atoms with Crippen molar-refractivity contribution in [1.82, 2.24) is 4.98 Å². The second-order valence-electron chi connectivity index (χ2n) is 6.33. The molecule has 1 aliphatic heterocycles. The van der Waals surface area contributed by atoms with E-state index in [9.17, 15) is 27.1 Å². The van der Waals surface area contributed by atoms with E-state index in [1.807, 2.05) is 4.72 Å². The Morgan fingerprint density at radius 3 is 2.67 bits per heavy atom. The van der Waals surface area contributed by atoms with Gasteiger partial charge in [-0.3, -0.25) is 9.71 Å². The minimum atomic E-state index is -4.62. The van der Waals surface area contributed by atoms with Crippen LogP contribution < -0.4 is 4.72 Å². The van der Waals surface area contributed by atoms with E-state index in [-0.39, 0.29) is 23.3 Å². The van der Waals surface area contributed by atoms with Crippen LogP contribution in [0.1, 0.15) is 15.9 Å². The number of benzene rings is 2. The standard InChI is InChI=1S/C19H11ClF2N2O5S/c20-13-3-10-4-17(18(13)25)30(27,28)24-16-5-11(14(21)6-15(16)22)12-7-23-2-1-9(12)8-29-19(10)26/h1-7,24-25H,8H2. The Morgan fingerprint density at radius 1 is 1.13 bits per heavy atom. The summed E-state index contributed by atoms with van der Waals surface area (Å²) in [5.74, 6) is -3.94. The van der Waals surface area contributed by atoms with Gasteiger partial charge in [-0.1, -0.05) is 11.6 Å². The predicted octanol–water partition coefficient (Wildman–Crippen LogP) is 3.86. The fraction of sp³-hybridized carbons (Fsp3) is 0.0526. The predicted molar refractivity (Wildman–Crippen MR) is 103 cm³/mol. The summed E-state index contributed by atoms with van der Waals surface area (Å²) in [4.78, 5) is 15.6. The van der Waals surface area contributed by atoms with Gasteiger partial charge in [0, 0.05) is 35.2 Å². The van der Waals surface area contributed by atoms with Gasteiger partial charge in [-0.2, -0.15) is 0 Å². The highest BCUT2D eigenvalue weighted by Gasteiger charge is 2.27. The number of anilines is 1. The van der Waals surface area contributed by atoms with Crippen molar-refractivity contribution in [3.05, 3.63) is 70.5 Å². The molecule has 0 amide bonds. The summed E-state index contributed by atoms with van der Waals surface area (Å²) < 4.78 is 61.6. The number of hydrogen-bond acceptors (Lipinski definition) is 6. The average Bonchev–Trinajstić information content (AvgIpc) is 2.70. The highest BCUT2D eigenvalue weighted by molar-refractivity contribution is 7.92. The van der Waals surface area contributed by atoms with Crippen molar-refractivity contribution < 1.29 is 31.8 Å². The van der Waals surface area contributed by atoms with Crippen LogP contribution >= 0.6 is 11.6 Å². The second kappa shape index (κ2) is 7.22. The van der Waals surface area contributed by atoms with Gasteiger partial charge < -0.3 is 9.84 Å². The van der Waals surface area contributed by atoms with Gasteiger partial charge in [0.25, 0.3) is 10.0 Å². The lowest BCUT2D eigenvalue weighted by Gasteiger charge is -2.14. The number of cyclic esters (lactones) is 1. The van der Waals surface area contributed by atoms with Gasteiger partial charge in [0.15, 0.2) is 5.75 Å². The molecule has 7 nitrogen and oxygen atoms in total. The van der Waals surface area contributed by atoms with Crippen molar-refractivity contribution in [1.29, 1.82) is 0 Å². The number of nitrogens with one attached hydrogen (secondary N) is 1. The van der Waals surface area contributed by atoms with E-state index in [2.05, 4.69) is 4.98 Å². The van der Waals surface area contributed by atoms with Gasteiger partial charge in [-0.05, 0) is 24.3 Å². The van der Waals surface area contributed by atoms with Crippen LogP contribution in [0.25, 0.3) is 11.1 Å². The number of fused-ring (bicyclic) bond motifs is 6. The molecule has 0 radical (unpaired) electrons. The first-order chi connectivity index (χ1) is 14.2. The molecule has 30 heavy (non-hydrogen) atoms. The maximum atomic E-state index is 14.5. The van der Waals surface area contributed by atoms with E-state index in [1.54, 1.807) is 0 Å². The van der Waals surface area contributed by atoms with E-state index in [4.69, 9.17) is 16.3 Å². The van der Waals surface area contributed by atoms with Crippen LogP contribution in [0.5, 0.6) is 5.75 Å². The number of rotatable bonds is 0. The topological polar surface area (TPSA) is 106 Å². The third kappa shape index (κ3) is 3.44. The Kier molecular flexibility index (Phi) is 4.83. The van der Waals surface area contributed by atoms with E-state index in [1.165, 1.54) is 18.5 Å².